The van der Waals surface area contributed by atoms with Crippen LogP contribution in [-0.2, 0) is 0 Å². The van der Waals surface area contributed by atoms with Crippen LogP contribution in [0.1, 0.15) is 67.2 Å². The molecular formula is C15H28. The summed E-state index contributed by atoms with van der Waals surface area (Å²) < 4.78 is 0. The number of hydrogen-bond donors (Lipinski definition) is 0. The second kappa shape index (κ2) is 4.31. The summed E-state index contributed by atoms with van der Waals surface area (Å²) in [5, 5.41) is 0. The molecule has 1 aliphatic carbocycles. The Labute approximate surface area is 96.2 Å². The first-order valence-electron chi connectivity index (χ1n) is 6.47. The van der Waals surface area contributed by atoms with Crippen molar-refractivity contribution in [3.8, 4) is 0 Å². The summed E-state index contributed by atoms with van der Waals surface area (Å²) in [4.78, 5) is 0. The molecule has 0 fully saturated rings. The van der Waals surface area contributed by atoms with Gasteiger partial charge in [0.2, 0.25) is 0 Å². The minimum Gasteiger partial charge on any atom is -0.0850 e. The molecule has 0 bridgehead atoms. The van der Waals surface area contributed by atoms with Gasteiger partial charge in [-0.25, -0.2) is 0 Å². The Kier molecular flexibility index (Phi) is 3.68. The summed E-state index contributed by atoms with van der Waals surface area (Å²) in [6.07, 6.45) is 7.78. The molecule has 0 spiro atoms. The van der Waals surface area contributed by atoms with Gasteiger partial charge in [-0.1, -0.05) is 52.7 Å². The molecule has 1 atom stereocenters. The lowest BCUT2D eigenvalue weighted by Crippen LogP contribution is -2.38. The summed E-state index contributed by atoms with van der Waals surface area (Å²) >= 11 is 0. The molecule has 0 amide bonds. The average Bonchev–Trinajstić information content (AvgIpc) is 2.11. The lowest BCUT2D eigenvalue weighted by atomic mass is 9.56. The van der Waals surface area contributed by atoms with E-state index in [2.05, 4.69) is 47.6 Å². The Morgan fingerprint density at radius 2 is 1.87 bits per heavy atom. The van der Waals surface area contributed by atoms with Crippen LogP contribution < -0.4 is 0 Å². The van der Waals surface area contributed by atoms with Gasteiger partial charge in [-0.15, -0.1) is 0 Å². The van der Waals surface area contributed by atoms with Gasteiger partial charge in [-0.3, -0.25) is 0 Å². The fourth-order valence-corrected chi connectivity index (χ4v) is 2.80. The predicted molar refractivity (Wildman–Crippen MR) is 69.0 cm³/mol. The van der Waals surface area contributed by atoms with Crippen LogP contribution in [0.3, 0.4) is 0 Å². The second-order valence-electron chi connectivity index (χ2n) is 6.57. The first-order valence-corrected chi connectivity index (χ1v) is 6.47. The highest BCUT2D eigenvalue weighted by Crippen LogP contribution is 2.53. The van der Waals surface area contributed by atoms with E-state index >= 15 is 0 Å². The average molecular weight is 208 g/mol. The largest absolute Gasteiger partial charge is 0.0850 e. The molecule has 0 aromatic rings. The number of rotatable bonds is 3. The predicted octanol–water partition coefficient (Wildman–Crippen LogP) is 5.20. The molecule has 0 nitrogen and oxygen atoms in total. The van der Waals surface area contributed by atoms with E-state index in [1.807, 2.05) is 0 Å². The Bertz CT molecular complexity index is 245. The van der Waals surface area contributed by atoms with E-state index in [1.54, 1.807) is 5.57 Å². The van der Waals surface area contributed by atoms with Crippen LogP contribution in [-0.4, -0.2) is 0 Å². The molecule has 1 unspecified atom stereocenters. The normalized spacial score (nSPS) is 30.5. The fraction of sp³-hybridized carbons (Fsp3) is 0.867. The minimum atomic E-state index is 0.426. The van der Waals surface area contributed by atoms with Crippen LogP contribution in [0.4, 0.5) is 0 Å². The molecular weight excluding hydrogens is 180 g/mol. The summed E-state index contributed by atoms with van der Waals surface area (Å²) in [5.74, 6) is 0.826. The molecule has 0 saturated heterocycles. The minimum absolute atomic E-state index is 0.426. The smallest absolute Gasteiger partial charge is 0.00678 e. The molecule has 0 saturated carbocycles. The van der Waals surface area contributed by atoms with Gasteiger partial charge >= 0.3 is 0 Å². The molecule has 0 aromatic heterocycles. The van der Waals surface area contributed by atoms with E-state index in [9.17, 15) is 0 Å². The maximum Gasteiger partial charge on any atom is -0.00678 e. The third-order valence-electron chi connectivity index (χ3n) is 4.81. The maximum atomic E-state index is 2.47. The van der Waals surface area contributed by atoms with E-state index in [4.69, 9.17) is 0 Å². The van der Waals surface area contributed by atoms with E-state index in [0.29, 0.717) is 10.8 Å². The van der Waals surface area contributed by atoms with Crippen molar-refractivity contribution in [2.45, 2.75) is 67.2 Å². The SMILES string of the molecule is CC1=CCCC(C)(C)C1(C)CCC(C)C. The summed E-state index contributed by atoms with van der Waals surface area (Å²) in [6.45, 7) is 14.4. The highest BCUT2D eigenvalue weighted by molar-refractivity contribution is 5.19. The molecule has 0 aromatic carbocycles. The lowest BCUT2D eigenvalue weighted by Gasteiger charge is -2.49. The highest BCUT2D eigenvalue weighted by atomic mass is 14.5. The summed E-state index contributed by atoms with van der Waals surface area (Å²) in [6, 6.07) is 0. The zero-order valence-corrected chi connectivity index (χ0v) is 11.5. The quantitative estimate of drug-likeness (QED) is 0.559. The van der Waals surface area contributed by atoms with Crippen LogP contribution in [0.5, 0.6) is 0 Å². The van der Waals surface area contributed by atoms with Gasteiger partial charge < -0.3 is 0 Å². The molecule has 0 radical (unpaired) electrons. The van der Waals surface area contributed by atoms with E-state index in [0.717, 1.165) is 5.92 Å². The van der Waals surface area contributed by atoms with Gasteiger partial charge in [0.1, 0.15) is 0 Å². The zero-order valence-electron chi connectivity index (χ0n) is 11.5. The van der Waals surface area contributed by atoms with Crippen LogP contribution in [0, 0.1) is 16.7 Å². The van der Waals surface area contributed by atoms with Gasteiger partial charge in [0.25, 0.3) is 0 Å². The Morgan fingerprint density at radius 1 is 1.27 bits per heavy atom. The first-order chi connectivity index (χ1) is 6.79. The van der Waals surface area contributed by atoms with E-state index < -0.39 is 0 Å². The highest BCUT2D eigenvalue weighted by Gasteiger charge is 2.43. The zero-order chi connectivity index (χ0) is 11.7. The maximum absolute atomic E-state index is 2.47. The fourth-order valence-electron chi connectivity index (χ4n) is 2.80. The summed E-state index contributed by atoms with van der Waals surface area (Å²) in [5.41, 5.74) is 2.52. The molecule has 0 heterocycles. The molecule has 0 aliphatic heterocycles. The summed E-state index contributed by atoms with van der Waals surface area (Å²) in [7, 11) is 0. The van der Waals surface area contributed by atoms with Crippen molar-refractivity contribution in [2.75, 3.05) is 0 Å². The third kappa shape index (κ3) is 2.46. The van der Waals surface area contributed by atoms with Crippen LogP contribution in [0.25, 0.3) is 0 Å². The first kappa shape index (κ1) is 12.8. The number of hydrogen-bond acceptors (Lipinski definition) is 0. The van der Waals surface area contributed by atoms with Crippen LogP contribution in [0.15, 0.2) is 11.6 Å². The Hall–Kier alpha value is -0.260. The topological polar surface area (TPSA) is 0 Å². The van der Waals surface area contributed by atoms with E-state index in [-0.39, 0.29) is 0 Å². The van der Waals surface area contributed by atoms with E-state index in [1.165, 1.54) is 25.7 Å². The van der Waals surface area contributed by atoms with Crippen molar-refractivity contribution in [1.29, 1.82) is 0 Å². The van der Waals surface area contributed by atoms with Crippen LogP contribution in [0.2, 0.25) is 0 Å². The molecule has 0 N–H and O–H groups in total. The third-order valence-corrected chi connectivity index (χ3v) is 4.81. The van der Waals surface area contributed by atoms with Crippen molar-refractivity contribution >= 4 is 0 Å². The van der Waals surface area contributed by atoms with Crippen molar-refractivity contribution in [3.05, 3.63) is 11.6 Å². The van der Waals surface area contributed by atoms with Crippen molar-refractivity contribution < 1.29 is 0 Å². The molecule has 15 heavy (non-hydrogen) atoms. The number of allylic oxidation sites excluding steroid dienone is 2. The molecule has 88 valence electrons. The standard InChI is InChI=1S/C15H28/c1-12(2)9-11-15(6)13(3)8-7-10-14(15,4)5/h8,12H,7,9-11H2,1-6H3. The molecule has 1 rings (SSSR count). The van der Waals surface area contributed by atoms with Crippen LogP contribution >= 0.6 is 0 Å². The van der Waals surface area contributed by atoms with Gasteiger partial charge in [-0.05, 0) is 42.9 Å². The van der Waals surface area contributed by atoms with Crippen molar-refractivity contribution in [1.82, 2.24) is 0 Å². The Balaban J connectivity index is 2.85. The van der Waals surface area contributed by atoms with Crippen molar-refractivity contribution in [3.63, 3.8) is 0 Å². The molecule has 1 aliphatic rings. The van der Waals surface area contributed by atoms with Gasteiger partial charge in [0, 0.05) is 0 Å². The second-order valence-corrected chi connectivity index (χ2v) is 6.57. The van der Waals surface area contributed by atoms with Crippen molar-refractivity contribution in [2.24, 2.45) is 16.7 Å². The van der Waals surface area contributed by atoms with Gasteiger partial charge in [0.05, 0.1) is 0 Å². The monoisotopic (exact) mass is 208 g/mol. The molecule has 0 heteroatoms. The van der Waals surface area contributed by atoms with Gasteiger partial charge in [0.15, 0.2) is 0 Å². The Morgan fingerprint density at radius 3 is 2.33 bits per heavy atom. The lowest BCUT2D eigenvalue weighted by molar-refractivity contribution is 0.0903. The van der Waals surface area contributed by atoms with Gasteiger partial charge in [-0.2, -0.15) is 0 Å².